The van der Waals surface area contributed by atoms with E-state index in [1.807, 2.05) is 5.38 Å². The van der Waals surface area contributed by atoms with E-state index in [1.165, 1.54) is 11.3 Å². The second kappa shape index (κ2) is 5.44. The molecule has 0 aromatic carbocycles. The van der Waals surface area contributed by atoms with Crippen molar-refractivity contribution in [1.82, 2.24) is 9.71 Å². The van der Waals surface area contributed by atoms with Gasteiger partial charge < -0.3 is 0 Å². The molecule has 0 spiro atoms. The van der Waals surface area contributed by atoms with Crippen molar-refractivity contribution < 1.29 is 13.2 Å². The Morgan fingerprint density at radius 2 is 2.25 bits per heavy atom. The van der Waals surface area contributed by atoms with Crippen LogP contribution in [0.15, 0.2) is 10.9 Å². The van der Waals surface area contributed by atoms with Crippen LogP contribution >= 0.6 is 11.3 Å². The van der Waals surface area contributed by atoms with Crippen LogP contribution in [0.2, 0.25) is 0 Å². The number of thiazole rings is 1. The predicted octanol–water partition coefficient (Wildman–Crippen LogP) is 1.71. The van der Waals surface area contributed by atoms with E-state index in [-0.39, 0.29) is 17.6 Å². The highest BCUT2D eigenvalue weighted by Gasteiger charge is 2.46. The summed E-state index contributed by atoms with van der Waals surface area (Å²) in [6, 6.07) is 0. The van der Waals surface area contributed by atoms with Crippen LogP contribution in [-0.2, 0) is 21.2 Å². The lowest BCUT2D eigenvalue weighted by Gasteiger charge is -2.21. The normalized spacial score (nSPS) is 28.7. The Bertz CT molecular complexity index is 583. The summed E-state index contributed by atoms with van der Waals surface area (Å²) in [6.45, 7) is 0. The first-order chi connectivity index (χ1) is 9.54. The summed E-state index contributed by atoms with van der Waals surface area (Å²) < 4.78 is 26.8. The summed E-state index contributed by atoms with van der Waals surface area (Å²) in [6.07, 6.45) is 4.53. The molecule has 1 heterocycles. The molecule has 2 aliphatic rings. The molecule has 0 radical (unpaired) electrons. The summed E-state index contributed by atoms with van der Waals surface area (Å²) >= 11 is 1.47. The van der Waals surface area contributed by atoms with Crippen LogP contribution in [0.25, 0.3) is 0 Å². The maximum Gasteiger partial charge on any atom is 0.238 e. The summed E-state index contributed by atoms with van der Waals surface area (Å²) in [5, 5.41) is 1.52. The molecule has 3 rings (SSSR count). The molecule has 0 saturated heterocycles. The molecule has 7 heteroatoms. The number of hydrogen-bond donors (Lipinski definition) is 1. The van der Waals surface area contributed by atoms with Gasteiger partial charge in [0.15, 0.2) is 0 Å². The molecule has 20 heavy (non-hydrogen) atoms. The molecule has 1 amide bonds. The van der Waals surface area contributed by atoms with Crippen LogP contribution in [0.5, 0.6) is 0 Å². The van der Waals surface area contributed by atoms with Crippen LogP contribution in [0.4, 0.5) is 0 Å². The van der Waals surface area contributed by atoms with Crippen molar-refractivity contribution in [2.45, 2.75) is 43.8 Å². The Balaban J connectivity index is 1.55. The van der Waals surface area contributed by atoms with Gasteiger partial charge in [-0.15, -0.1) is 11.3 Å². The summed E-state index contributed by atoms with van der Waals surface area (Å²) in [5.74, 6) is 0.385. The number of nitrogens with zero attached hydrogens (tertiary/aromatic N) is 1. The zero-order valence-corrected chi connectivity index (χ0v) is 12.8. The SMILES string of the molecule is O=C(CCc1cscn1)NS(=O)(=O)C1C[C@@H]2CC[C@H]1C2. The molecular formula is C13H18N2O3S2. The van der Waals surface area contributed by atoms with Crippen molar-refractivity contribution in [3.8, 4) is 0 Å². The number of carbonyl (C=O) groups excluding carboxylic acids is 1. The minimum Gasteiger partial charge on any atom is -0.274 e. The van der Waals surface area contributed by atoms with Crippen LogP contribution in [-0.4, -0.2) is 24.6 Å². The van der Waals surface area contributed by atoms with Crippen LogP contribution in [0.3, 0.4) is 0 Å². The minimum atomic E-state index is -3.50. The van der Waals surface area contributed by atoms with Crippen molar-refractivity contribution in [1.29, 1.82) is 0 Å². The number of hydrogen-bond acceptors (Lipinski definition) is 5. The lowest BCUT2D eigenvalue weighted by Crippen LogP contribution is -2.40. The highest BCUT2D eigenvalue weighted by atomic mass is 32.2. The first kappa shape index (κ1) is 14.0. The molecular weight excluding hydrogens is 296 g/mol. The van der Waals surface area contributed by atoms with Gasteiger partial charge in [0, 0.05) is 11.8 Å². The van der Waals surface area contributed by atoms with E-state index in [9.17, 15) is 13.2 Å². The second-order valence-electron chi connectivity index (χ2n) is 5.76. The smallest absolute Gasteiger partial charge is 0.238 e. The standard InChI is InChI=1S/C13H18N2O3S2/c16-13(4-3-11-7-19-8-14-11)15-20(17,18)12-6-9-1-2-10(12)5-9/h7-10,12H,1-6H2,(H,15,16)/t9-,10+,12?/m1/s1. The van der Waals surface area contributed by atoms with E-state index >= 15 is 0 Å². The topological polar surface area (TPSA) is 76.1 Å². The maximum atomic E-state index is 12.2. The summed E-state index contributed by atoms with van der Waals surface area (Å²) in [5.41, 5.74) is 2.54. The molecule has 1 aromatic heterocycles. The largest absolute Gasteiger partial charge is 0.274 e. The number of carbonyl (C=O) groups is 1. The third-order valence-corrected chi connectivity index (χ3v) is 6.94. The van der Waals surface area contributed by atoms with Gasteiger partial charge in [0.25, 0.3) is 0 Å². The maximum absolute atomic E-state index is 12.2. The molecule has 2 aliphatic carbocycles. The Kier molecular flexibility index (Phi) is 3.81. The zero-order chi connectivity index (χ0) is 14.2. The number of nitrogens with one attached hydrogen (secondary N) is 1. The summed E-state index contributed by atoms with van der Waals surface area (Å²) in [7, 11) is -3.50. The number of sulfonamides is 1. The Morgan fingerprint density at radius 1 is 1.40 bits per heavy atom. The molecule has 1 N–H and O–H groups in total. The molecule has 2 bridgehead atoms. The number of aryl methyl sites for hydroxylation is 1. The number of fused-ring (bicyclic) bond motifs is 2. The average molecular weight is 314 g/mol. The van der Waals surface area contributed by atoms with Gasteiger partial charge >= 0.3 is 0 Å². The zero-order valence-electron chi connectivity index (χ0n) is 11.1. The lowest BCUT2D eigenvalue weighted by molar-refractivity contribution is -0.119. The van der Waals surface area contributed by atoms with Gasteiger partial charge in [0.2, 0.25) is 15.9 Å². The highest BCUT2D eigenvalue weighted by Crippen LogP contribution is 2.47. The van der Waals surface area contributed by atoms with Crippen molar-refractivity contribution in [3.63, 3.8) is 0 Å². The molecule has 110 valence electrons. The van der Waals surface area contributed by atoms with Crippen LogP contribution in [0.1, 0.15) is 37.8 Å². The molecule has 3 atom stereocenters. The Morgan fingerprint density at radius 3 is 2.85 bits per heavy atom. The third kappa shape index (κ3) is 2.88. The van der Waals surface area contributed by atoms with Crippen molar-refractivity contribution in [2.24, 2.45) is 11.8 Å². The Hall–Kier alpha value is -0.950. The van der Waals surface area contributed by atoms with E-state index in [1.54, 1.807) is 5.51 Å². The fourth-order valence-electron chi connectivity index (χ4n) is 3.45. The fourth-order valence-corrected chi connectivity index (χ4v) is 5.90. The first-order valence-corrected chi connectivity index (χ1v) is 9.45. The van der Waals surface area contributed by atoms with Crippen LogP contribution in [0, 0.1) is 11.8 Å². The predicted molar refractivity (Wildman–Crippen MR) is 76.7 cm³/mol. The van der Waals surface area contributed by atoms with Crippen LogP contribution < -0.4 is 4.72 Å². The van der Waals surface area contributed by atoms with Gasteiger partial charge in [0.05, 0.1) is 16.5 Å². The van der Waals surface area contributed by atoms with E-state index in [0.29, 0.717) is 12.3 Å². The summed E-state index contributed by atoms with van der Waals surface area (Å²) in [4.78, 5) is 15.9. The van der Waals surface area contributed by atoms with E-state index in [4.69, 9.17) is 0 Å². The fraction of sp³-hybridized carbons (Fsp3) is 0.692. The lowest BCUT2D eigenvalue weighted by atomic mass is 10.0. The van der Waals surface area contributed by atoms with Gasteiger partial charge in [0.1, 0.15) is 0 Å². The highest BCUT2D eigenvalue weighted by molar-refractivity contribution is 7.90. The van der Waals surface area contributed by atoms with Crippen molar-refractivity contribution in [3.05, 3.63) is 16.6 Å². The van der Waals surface area contributed by atoms with Crippen molar-refractivity contribution in [2.75, 3.05) is 0 Å². The van der Waals surface area contributed by atoms with Gasteiger partial charge in [-0.25, -0.2) is 13.4 Å². The Labute approximate surface area is 122 Å². The van der Waals surface area contributed by atoms with E-state index < -0.39 is 15.9 Å². The number of aromatic nitrogens is 1. The monoisotopic (exact) mass is 314 g/mol. The molecule has 1 unspecified atom stereocenters. The minimum absolute atomic E-state index is 0.170. The third-order valence-electron chi connectivity index (χ3n) is 4.42. The van der Waals surface area contributed by atoms with Gasteiger partial charge in [-0.2, -0.15) is 0 Å². The van der Waals surface area contributed by atoms with Gasteiger partial charge in [-0.05, 0) is 37.5 Å². The van der Waals surface area contributed by atoms with Crippen molar-refractivity contribution >= 4 is 27.3 Å². The number of amides is 1. The average Bonchev–Trinajstić information content (AvgIpc) is 3.13. The number of rotatable bonds is 5. The van der Waals surface area contributed by atoms with E-state index in [2.05, 4.69) is 9.71 Å². The molecule has 0 aliphatic heterocycles. The van der Waals surface area contributed by atoms with Gasteiger partial charge in [-0.1, -0.05) is 6.42 Å². The molecule has 2 saturated carbocycles. The quantitative estimate of drug-likeness (QED) is 0.897. The molecule has 5 nitrogen and oxygen atoms in total. The molecule has 1 aromatic rings. The second-order valence-corrected chi connectivity index (χ2v) is 8.38. The first-order valence-electron chi connectivity index (χ1n) is 6.96. The van der Waals surface area contributed by atoms with Gasteiger partial charge in [-0.3, -0.25) is 9.52 Å². The van der Waals surface area contributed by atoms with E-state index in [0.717, 1.165) is 31.4 Å². The molecule has 2 fully saturated rings.